The van der Waals surface area contributed by atoms with E-state index in [1.165, 1.54) is 36.8 Å². The molecule has 1 aliphatic rings. The Kier molecular flexibility index (Phi) is 6.45. The Bertz CT molecular complexity index is 692. The van der Waals surface area contributed by atoms with E-state index in [2.05, 4.69) is 51.8 Å². The predicted octanol–water partition coefficient (Wildman–Crippen LogP) is 3.61. The number of hydrogen-bond acceptors (Lipinski definition) is 5. The Labute approximate surface area is 157 Å². The average molecular weight is 354 g/mol. The van der Waals surface area contributed by atoms with Gasteiger partial charge in [-0.05, 0) is 56.7 Å². The van der Waals surface area contributed by atoms with Crippen molar-refractivity contribution in [3.8, 4) is 0 Å². The molecule has 0 bridgehead atoms. The number of nitrogens with one attached hydrogen (secondary N) is 2. The molecule has 0 spiro atoms. The Morgan fingerprint density at radius 2 is 1.92 bits per heavy atom. The number of anilines is 2. The summed E-state index contributed by atoms with van der Waals surface area (Å²) in [6.07, 6.45) is 6.71. The van der Waals surface area contributed by atoms with Gasteiger partial charge in [-0.1, -0.05) is 29.8 Å². The van der Waals surface area contributed by atoms with E-state index in [0.717, 1.165) is 30.8 Å². The first-order chi connectivity index (χ1) is 12.6. The summed E-state index contributed by atoms with van der Waals surface area (Å²) in [5.74, 6) is 2.46. The molecule has 2 aromatic rings. The third-order valence-corrected chi connectivity index (χ3v) is 5.12. The fourth-order valence-electron chi connectivity index (χ4n) is 3.60. The molecule has 1 fully saturated rings. The Morgan fingerprint density at radius 3 is 2.65 bits per heavy atom. The van der Waals surface area contributed by atoms with Crippen LogP contribution < -0.4 is 15.5 Å². The molecule has 1 aliphatic carbocycles. The first-order valence-corrected chi connectivity index (χ1v) is 9.63. The lowest BCUT2D eigenvalue weighted by atomic mass is 9.86. The molecule has 1 aromatic heterocycles. The summed E-state index contributed by atoms with van der Waals surface area (Å²) in [7, 11) is 4.00. The molecule has 5 nitrogen and oxygen atoms in total. The molecule has 1 heterocycles. The molecular weight excluding hydrogens is 322 g/mol. The Hall–Kier alpha value is -2.14. The van der Waals surface area contributed by atoms with E-state index in [1.54, 1.807) is 0 Å². The number of aryl methyl sites for hydroxylation is 1. The molecule has 0 atom stereocenters. The fourth-order valence-corrected chi connectivity index (χ4v) is 3.60. The average Bonchev–Trinajstić information content (AvgIpc) is 2.63. The van der Waals surface area contributed by atoms with E-state index in [0.29, 0.717) is 6.04 Å². The van der Waals surface area contributed by atoms with Gasteiger partial charge in [-0.3, -0.25) is 0 Å². The molecule has 0 unspecified atom stereocenters. The molecule has 5 heteroatoms. The third-order valence-electron chi connectivity index (χ3n) is 5.12. The third kappa shape index (κ3) is 5.43. The zero-order chi connectivity index (χ0) is 18.4. The number of aromatic nitrogens is 2. The summed E-state index contributed by atoms with van der Waals surface area (Å²) >= 11 is 0. The molecule has 3 rings (SSSR count). The van der Waals surface area contributed by atoms with Crippen molar-refractivity contribution in [2.24, 2.45) is 5.92 Å². The second-order valence-electron chi connectivity index (χ2n) is 7.61. The topological polar surface area (TPSA) is 53.1 Å². The minimum atomic E-state index is 0.487. The van der Waals surface area contributed by atoms with Crippen LogP contribution in [-0.2, 0) is 6.54 Å². The molecule has 0 radical (unpaired) electrons. The lowest BCUT2D eigenvalue weighted by molar-refractivity contribution is 0.323. The van der Waals surface area contributed by atoms with E-state index < -0.39 is 0 Å². The van der Waals surface area contributed by atoms with Gasteiger partial charge in [-0.15, -0.1) is 0 Å². The minimum absolute atomic E-state index is 0.487. The lowest BCUT2D eigenvalue weighted by Crippen LogP contribution is -2.31. The van der Waals surface area contributed by atoms with Crippen LogP contribution in [0.25, 0.3) is 0 Å². The summed E-state index contributed by atoms with van der Waals surface area (Å²) < 4.78 is 0. The lowest BCUT2D eigenvalue weighted by Gasteiger charge is -2.29. The van der Waals surface area contributed by atoms with Gasteiger partial charge in [-0.25, -0.2) is 4.98 Å². The smallest absolute Gasteiger partial charge is 0.224 e. The van der Waals surface area contributed by atoms with Crippen molar-refractivity contribution < 1.29 is 0 Å². The maximum Gasteiger partial charge on any atom is 0.224 e. The van der Waals surface area contributed by atoms with Crippen LogP contribution >= 0.6 is 0 Å². The second kappa shape index (κ2) is 8.99. The van der Waals surface area contributed by atoms with Gasteiger partial charge in [0.05, 0.1) is 0 Å². The summed E-state index contributed by atoms with van der Waals surface area (Å²) in [6, 6.07) is 11.2. The molecular formula is C21H31N5. The standard InChI is InChI=1S/C21H31N5/c1-16-5-4-6-18(13-16)15-22-14-17-7-9-19(10-8-17)24-21-23-12-11-20(25-21)26(2)3/h4-6,11-13,17,19,22H,7-10,14-15H2,1-3H3,(H,23,24,25)/t17-,19+. The molecule has 140 valence electrons. The summed E-state index contributed by atoms with van der Waals surface area (Å²) in [5, 5.41) is 7.15. The second-order valence-corrected chi connectivity index (χ2v) is 7.61. The van der Waals surface area contributed by atoms with E-state index in [4.69, 9.17) is 0 Å². The molecule has 2 N–H and O–H groups in total. The first-order valence-electron chi connectivity index (χ1n) is 9.63. The van der Waals surface area contributed by atoms with Crippen LogP contribution in [0.2, 0.25) is 0 Å². The highest BCUT2D eigenvalue weighted by molar-refractivity contribution is 5.41. The fraction of sp³-hybridized carbons (Fsp3) is 0.524. The van der Waals surface area contributed by atoms with Gasteiger partial charge in [0, 0.05) is 32.9 Å². The zero-order valence-corrected chi connectivity index (χ0v) is 16.2. The minimum Gasteiger partial charge on any atom is -0.363 e. The predicted molar refractivity (Wildman–Crippen MR) is 109 cm³/mol. The van der Waals surface area contributed by atoms with Crippen LogP contribution in [0.4, 0.5) is 11.8 Å². The van der Waals surface area contributed by atoms with Crippen LogP contribution in [0.5, 0.6) is 0 Å². The highest BCUT2D eigenvalue weighted by Crippen LogP contribution is 2.25. The highest BCUT2D eigenvalue weighted by Gasteiger charge is 2.21. The molecule has 0 aliphatic heterocycles. The molecule has 1 aromatic carbocycles. The zero-order valence-electron chi connectivity index (χ0n) is 16.2. The largest absolute Gasteiger partial charge is 0.363 e. The maximum atomic E-state index is 4.57. The van der Waals surface area contributed by atoms with Gasteiger partial charge in [0.15, 0.2) is 0 Å². The quantitative estimate of drug-likeness (QED) is 0.796. The van der Waals surface area contributed by atoms with Crippen molar-refractivity contribution in [2.45, 2.75) is 45.2 Å². The van der Waals surface area contributed by atoms with Crippen LogP contribution in [-0.4, -0.2) is 36.6 Å². The van der Waals surface area contributed by atoms with Crippen LogP contribution in [0.3, 0.4) is 0 Å². The summed E-state index contributed by atoms with van der Waals surface area (Å²) in [6.45, 7) is 4.22. The van der Waals surface area contributed by atoms with Crippen molar-refractivity contribution >= 4 is 11.8 Å². The van der Waals surface area contributed by atoms with Gasteiger partial charge in [0.25, 0.3) is 0 Å². The van der Waals surface area contributed by atoms with Gasteiger partial charge in [-0.2, -0.15) is 4.98 Å². The normalized spacial score (nSPS) is 20.0. The van der Waals surface area contributed by atoms with Gasteiger partial charge < -0.3 is 15.5 Å². The molecule has 0 amide bonds. The molecule has 1 saturated carbocycles. The van der Waals surface area contributed by atoms with Gasteiger partial charge >= 0.3 is 0 Å². The van der Waals surface area contributed by atoms with E-state index in [-0.39, 0.29) is 0 Å². The number of hydrogen-bond donors (Lipinski definition) is 2. The van der Waals surface area contributed by atoms with Crippen LogP contribution in [0.1, 0.15) is 36.8 Å². The summed E-state index contributed by atoms with van der Waals surface area (Å²) in [4.78, 5) is 10.9. The molecule has 26 heavy (non-hydrogen) atoms. The van der Waals surface area contributed by atoms with Gasteiger partial charge in [0.1, 0.15) is 5.82 Å². The first kappa shape index (κ1) is 18.6. The Balaban J connectivity index is 1.39. The van der Waals surface area contributed by atoms with Crippen molar-refractivity contribution in [1.29, 1.82) is 0 Å². The monoisotopic (exact) mass is 353 g/mol. The van der Waals surface area contributed by atoms with Crippen LogP contribution in [0, 0.1) is 12.8 Å². The SMILES string of the molecule is Cc1cccc(CNC[C@H]2CC[C@@H](Nc3nccc(N(C)C)n3)CC2)c1. The highest BCUT2D eigenvalue weighted by atomic mass is 15.2. The van der Waals surface area contributed by atoms with Crippen molar-refractivity contribution in [1.82, 2.24) is 15.3 Å². The summed E-state index contributed by atoms with van der Waals surface area (Å²) in [5.41, 5.74) is 2.70. The van der Waals surface area contributed by atoms with Gasteiger partial charge in [0.2, 0.25) is 5.95 Å². The van der Waals surface area contributed by atoms with Crippen molar-refractivity contribution in [2.75, 3.05) is 30.9 Å². The van der Waals surface area contributed by atoms with Crippen LogP contribution in [0.15, 0.2) is 36.5 Å². The maximum absolute atomic E-state index is 4.57. The van der Waals surface area contributed by atoms with E-state index in [1.807, 2.05) is 31.3 Å². The van der Waals surface area contributed by atoms with Crippen molar-refractivity contribution in [3.05, 3.63) is 47.7 Å². The number of rotatable bonds is 7. The molecule has 0 saturated heterocycles. The Morgan fingerprint density at radius 1 is 1.12 bits per heavy atom. The van der Waals surface area contributed by atoms with Crippen molar-refractivity contribution in [3.63, 3.8) is 0 Å². The number of nitrogens with zero attached hydrogens (tertiary/aromatic N) is 3. The van der Waals surface area contributed by atoms with E-state index in [9.17, 15) is 0 Å². The number of benzene rings is 1. The van der Waals surface area contributed by atoms with E-state index >= 15 is 0 Å².